The highest BCUT2D eigenvalue weighted by atomic mass is 16.6. The van der Waals surface area contributed by atoms with Crippen LogP contribution in [-0.4, -0.2) is 44.8 Å². The number of nitro benzene ring substituents is 1. The van der Waals surface area contributed by atoms with Gasteiger partial charge in [-0.3, -0.25) is 14.9 Å². The predicted molar refractivity (Wildman–Crippen MR) is 97.9 cm³/mol. The summed E-state index contributed by atoms with van der Waals surface area (Å²) in [5, 5.41) is 24.9. The van der Waals surface area contributed by atoms with Gasteiger partial charge in [0, 0.05) is 11.8 Å². The predicted octanol–water partition coefficient (Wildman–Crippen LogP) is 2.23. The molecule has 1 heterocycles. The minimum atomic E-state index is -0.650. The number of aromatic nitrogens is 4. The second-order valence-corrected chi connectivity index (χ2v) is 5.47. The first kappa shape index (κ1) is 18.8. The zero-order valence-electron chi connectivity index (χ0n) is 15.0. The molecule has 0 saturated heterocycles. The molecular weight excluding hydrogens is 368 g/mol. The zero-order valence-corrected chi connectivity index (χ0v) is 15.0. The summed E-state index contributed by atoms with van der Waals surface area (Å²) in [5.41, 5.74) is 0.614. The Morgan fingerprint density at radius 3 is 2.57 bits per heavy atom. The summed E-state index contributed by atoms with van der Waals surface area (Å²) < 4.78 is 12.0. The SMILES string of the molecule is CCOc1cc([N+](=O)[O-])c(C(=O)Nc2ccc(-n3cnnn3)cc2)cc1OC. The number of anilines is 1. The summed E-state index contributed by atoms with van der Waals surface area (Å²) in [5.74, 6) is -0.228. The molecule has 3 rings (SSSR count). The summed E-state index contributed by atoms with van der Waals surface area (Å²) in [6.07, 6.45) is 1.43. The van der Waals surface area contributed by atoms with Gasteiger partial charge in [0.15, 0.2) is 11.5 Å². The lowest BCUT2D eigenvalue weighted by molar-refractivity contribution is -0.385. The molecule has 2 aromatic carbocycles. The Morgan fingerprint density at radius 1 is 1.25 bits per heavy atom. The molecule has 0 bridgehead atoms. The third-order valence-electron chi connectivity index (χ3n) is 3.76. The van der Waals surface area contributed by atoms with Crippen molar-refractivity contribution in [1.29, 1.82) is 0 Å². The van der Waals surface area contributed by atoms with Crippen LogP contribution in [0.4, 0.5) is 11.4 Å². The smallest absolute Gasteiger partial charge is 0.286 e. The van der Waals surface area contributed by atoms with E-state index in [0.717, 1.165) is 0 Å². The molecular formula is C17H16N6O5. The quantitative estimate of drug-likeness (QED) is 0.484. The van der Waals surface area contributed by atoms with E-state index in [0.29, 0.717) is 18.0 Å². The number of benzene rings is 2. The van der Waals surface area contributed by atoms with Crippen LogP contribution < -0.4 is 14.8 Å². The number of tetrazole rings is 1. The zero-order chi connectivity index (χ0) is 20.1. The van der Waals surface area contributed by atoms with Gasteiger partial charge in [-0.2, -0.15) is 0 Å². The maximum Gasteiger partial charge on any atom is 0.286 e. The molecule has 0 radical (unpaired) electrons. The third-order valence-corrected chi connectivity index (χ3v) is 3.76. The average molecular weight is 384 g/mol. The second-order valence-electron chi connectivity index (χ2n) is 5.47. The standard InChI is InChI=1S/C17H16N6O5/c1-3-28-16-9-14(23(25)26)13(8-15(16)27-2)17(24)19-11-4-6-12(7-5-11)22-10-18-20-21-22/h4-10H,3H2,1-2H3,(H,19,24). The molecule has 1 N–H and O–H groups in total. The lowest BCUT2D eigenvalue weighted by Crippen LogP contribution is -2.14. The van der Waals surface area contributed by atoms with Crippen LogP contribution in [0.1, 0.15) is 17.3 Å². The third kappa shape index (κ3) is 3.87. The molecule has 0 aliphatic rings. The fraction of sp³-hybridized carbons (Fsp3) is 0.176. The van der Waals surface area contributed by atoms with Crippen LogP contribution in [-0.2, 0) is 0 Å². The van der Waals surface area contributed by atoms with E-state index in [4.69, 9.17) is 9.47 Å². The largest absolute Gasteiger partial charge is 0.493 e. The van der Waals surface area contributed by atoms with Crippen LogP contribution in [0.3, 0.4) is 0 Å². The number of rotatable bonds is 7. The molecule has 1 aromatic heterocycles. The van der Waals surface area contributed by atoms with Gasteiger partial charge in [-0.05, 0) is 41.6 Å². The number of carbonyl (C=O) groups excluding carboxylic acids is 1. The number of ether oxygens (including phenoxy) is 2. The topological polar surface area (TPSA) is 134 Å². The number of methoxy groups -OCH3 is 1. The van der Waals surface area contributed by atoms with Crippen molar-refractivity contribution in [2.75, 3.05) is 19.0 Å². The Balaban J connectivity index is 1.88. The molecule has 28 heavy (non-hydrogen) atoms. The highest BCUT2D eigenvalue weighted by Crippen LogP contribution is 2.35. The monoisotopic (exact) mass is 384 g/mol. The molecule has 1 amide bonds. The van der Waals surface area contributed by atoms with Crippen LogP contribution >= 0.6 is 0 Å². The lowest BCUT2D eigenvalue weighted by atomic mass is 10.1. The summed E-state index contributed by atoms with van der Waals surface area (Å²) in [6, 6.07) is 9.11. The van der Waals surface area contributed by atoms with Crippen molar-refractivity contribution in [3.63, 3.8) is 0 Å². The fourth-order valence-electron chi connectivity index (χ4n) is 2.49. The van der Waals surface area contributed by atoms with Crippen molar-refractivity contribution in [3.8, 4) is 17.2 Å². The first-order valence-electron chi connectivity index (χ1n) is 8.17. The van der Waals surface area contributed by atoms with Crippen molar-refractivity contribution >= 4 is 17.3 Å². The Hall–Kier alpha value is -4.02. The van der Waals surface area contributed by atoms with Crippen molar-refractivity contribution in [1.82, 2.24) is 20.2 Å². The number of nitrogens with one attached hydrogen (secondary N) is 1. The van der Waals surface area contributed by atoms with Gasteiger partial charge >= 0.3 is 0 Å². The molecule has 3 aromatic rings. The van der Waals surface area contributed by atoms with E-state index in [9.17, 15) is 14.9 Å². The van der Waals surface area contributed by atoms with Crippen LogP contribution in [0.15, 0.2) is 42.7 Å². The Kier molecular flexibility index (Phi) is 5.44. The normalized spacial score (nSPS) is 10.4. The van der Waals surface area contributed by atoms with Crippen LogP contribution in [0.2, 0.25) is 0 Å². The van der Waals surface area contributed by atoms with E-state index in [2.05, 4.69) is 20.8 Å². The minimum Gasteiger partial charge on any atom is -0.493 e. The fourth-order valence-corrected chi connectivity index (χ4v) is 2.49. The molecule has 0 unspecified atom stereocenters. The van der Waals surface area contributed by atoms with E-state index in [1.807, 2.05) is 0 Å². The Bertz CT molecular complexity index is 988. The van der Waals surface area contributed by atoms with E-state index >= 15 is 0 Å². The van der Waals surface area contributed by atoms with E-state index in [1.165, 1.54) is 30.3 Å². The van der Waals surface area contributed by atoms with Crippen LogP contribution in [0, 0.1) is 10.1 Å². The van der Waals surface area contributed by atoms with E-state index < -0.39 is 10.8 Å². The van der Waals surface area contributed by atoms with Gasteiger partial charge in [0.25, 0.3) is 11.6 Å². The van der Waals surface area contributed by atoms with Gasteiger partial charge in [0.1, 0.15) is 11.9 Å². The van der Waals surface area contributed by atoms with E-state index in [1.54, 1.807) is 31.2 Å². The van der Waals surface area contributed by atoms with Gasteiger partial charge in [-0.25, -0.2) is 4.68 Å². The molecule has 144 valence electrons. The Morgan fingerprint density at radius 2 is 2.00 bits per heavy atom. The van der Waals surface area contributed by atoms with Crippen LogP contribution in [0.25, 0.3) is 5.69 Å². The van der Waals surface area contributed by atoms with Crippen LogP contribution in [0.5, 0.6) is 11.5 Å². The maximum atomic E-state index is 12.6. The first-order valence-corrected chi connectivity index (χ1v) is 8.17. The molecule has 0 atom stereocenters. The Labute approximate surface area is 159 Å². The molecule has 0 fully saturated rings. The minimum absolute atomic E-state index is 0.144. The number of hydrogen-bond donors (Lipinski definition) is 1. The van der Waals surface area contributed by atoms with Crippen molar-refractivity contribution < 1.29 is 19.2 Å². The maximum absolute atomic E-state index is 12.6. The van der Waals surface area contributed by atoms with Gasteiger partial charge < -0.3 is 14.8 Å². The van der Waals surface area contributed by atoms with Crippen molar-refractivity contribution in [2.45, 2.75) is 6.92 Å². The number of carbonyl (C=O) groups is 1. The molecule has 0 spiro atoms. The summed E-state index contributed by atoms with van der Waals surface area (Å²) in [4.78, 5) is 23.4. The molecule has 11 nitrogen and oxygen atoms in total. The number of amides is 1. The number of nitrogens with zero attached hydrogens (tertiary/aromatic N) is 5. The van der Waals surface area contributed by atoms with Crippen molar-refractivity contribution in [2.24, 2.45) is 0 Å². The summed E-state index contributed by atoms with van der Waals surface area (Å²) in [6.45, 7) is 2.04. The van der Waals surface area contributed by atoms with Crippen molar-refractivity contribution in [3.05, 3.63) is 58.4 Å². The first-order chi connectivity index (χ1) is 13.5. The van der Waals surface area contributed by atoms with Gasteiger partial charge in [0.05, 0.1) is 30.4 Å². The molecule has 0 saturated carbocycles. The van der Waals surface area contributed by atoms with Gasteiger partial charge in [-0.1, -0.05) is 0 Å². The highest BCUT2D eigenvalue weighted by Gasteiger charge is 2.25. The summed E-state index contributed by atoms with van der Waals surface area (Å²) >= 11 is 0. The van der Waals surface area contributed by atoms with Gasteiger partial charge in [-0.15, -0.1) is 5.10 Å². The molecule has 11 heteroatoms. The lowest BCUT2D eigenvalue weighted by Gasteiger charge is -2.12. The highest BCUT2D eigenvalue weighted by molar-refractivity contribution is 6.07. The summed E-state index contributed by atoms with van der Waals surface area (Å²) in [7, 11) is 1.39. The molecule has 0 aliphatic heterocycles. The number of hydrogen-bond acceptors (Lipinski definition) is 8. The second kappa shape index (κ2) is 8.12. The average Bonchev–Trinajstić information content (AvgIpc) is 3.23. The molecule has 0 aliphatic carbocycles. The van der Waals surface area contributed by atoms with Gasteiger partial charge in [0.2, 0.25) is 0 Å². The van der Waals surface area contributed by atoms with E-state index in [-0.39, 0.29) is 22.7 Å². The number of nitro groups is 1.